The number of benzene rings is 1. The van der Waals surface area contributed by atoms with Gasteiger partial charge in [0, 0.05) is 7.11 Å². The van der Waals surface area contributed by atoms with Crippen LogP contribution in [0.1, 0.15) is 5.56 Å². The summed E-state index contributed by atoms with van der Waals surface area (Å²) in [5, 5.41) is 0. The van der Waals surface area contributed by atoms with Crippen molar-refractivity contribution in [3.63, 3.8) is 0 Å². The molecule has 0 saturated heterocycles. The van der Waals surface area contributed by atoms with E-state index in [0.717, 1.165) is 0 Å². The van der Waals surface area contributed by atoms with Gasteiger partial charge in [-0.05, 0) is 30.7 Å². The summed E-state index contributed by atoms with van der Waals surface area (Å²) in [6, 6.07) is 4.69. The molecule has 6 nitrogen and oxygen atoms in total. The molecular formula is C11H17NO5S. The third-order valence-corrected chi connectivity index (χ3v) is 3.60. The Labute approximate surface area is 107 Å². The second kappa shape index (κ2) is 6.69. The van der Waals surface area contributed by atoms with E-state index in [2.05, 4.69) is 0 Å². The highest BCUT2D eigenvalue weighted by Gasteiger charge is 2.17. The average Bonchev–Trinajstić information content (AvgIpc) is 2.34. The van der Waals surface area contributed by atoms with E-state index in [1.807, 2.05) is 4.89 Å². The molecule has 7 heteroatoms. The highest BCUT2D eigenvalue weighted by molar-refractivity contribution is 7.89. The number of rotatable bonds is 7. The maximum absolute atomic E-state index is 11.9. The minimum Gasteiger partial charge on any atom is -0.497 e. The summed E-state index contributed by atoms with van der Waals surface area (Å²) in [4.78, 5) is 7.00. The molecule has 0 saturated carbocycles. The summed E-state index contributed by atoms with van der Waals surface area (Å²) >= 11 is 0. The van der Waals surface area contributed by atoms with Crippen LogP contribution in [0.15, 0.2) is 23.1 Å². The molecular weight excluding hydrogens is 258 g/mol. The third-order valence-electron chi connectivity index (χ3n) is 2.23. The summed E-state index contributed by atoms with van der Waals surface area (Å²) in [5.41, 5.74) is 0.581. The average molecular weight is 275 g/mol. The molecule has 1 rings (SSSR count). The minimum absolute atomic E-state index is 0.144. The lowest BCUT2D eigenvalue weighted by Gasteiger charge is -2.10. The van der Waals surface area contributed by atoms with Crippen molar-refractivity contribution in [1.82, 2.24) is 4.89 Å². The van der Waals surface area contributed by atoms with Gasteiger partial charge in [-0.15, -0.1) is 0 Å². The SMILES string of the molecule is COCCONS(=O)(=O)c1ccc(OC)cc1C. The monoisotopic (exact) mass is 275 g/mol. The highest BCUT2D eigenvalue weighted by atomic mass is 32.2. The highest BCUT2D eigenvalue weighted by Crippen LogP contribution is 2.20. The molecule has 0 fully saturated rings. The van der Waals surface area contributed by atoms with Crippen LogP contribution < -0.4 is 9.62 Å². The Balaban J connectivity index is 2.78. The zero-order chi connectivity index (χ0) is 13.6. The van der Waals surface area contributed by atoms with Crippen molar-refractivity contribution >= 4 is 10.0 Å². The fraction of sp³-hybridized carbons (Fsp3) is 0.455. The van der Waals surface area contributed by atoms with Crippen LogP contribution in [-0.4, -0.2) is 35.9 Å². The van der Waals surface area contributed by atoms with Crippen LogP contribution in [0, 0.1) is 6.92 Å². The van der Waals surface area contributed by atoms with E-state index in [9.17, 15) is 8.42 Å². The van der Waals surface area contributed by atoms with Crippen molar-refractivity contribution < 1.29 is 22.7 Å². The summed E-state index contributed by atoms with van der Waals surface area (Å²) in [6.07, 6.45) is 0. The van der Waals surface area contributed by atoms with E-state index in [1.165, 1.54) is 20.3 Å². The third kappa shape index (κ3) is 3.95. The first-order chi connectivity index (χ1) is 8.51. The van der Waals surface area contributed by atoms with Crippen molar-refractivity contribution in [2.75, 3.05) is 27.4 Å². The first-order valence-corrected chi connectivity index (χ1v) is 6.76. The van der Waals surface area contributed by atoms with Gasteiger partial charge in [-0.3, -0.25) is 4.84 Å². The normalized spacial score (nSPS) is 11.5. The number of methoxy groups -OCH3 is 2. The van der Waals surface area contributed by atoms with Crippen molar-refractivity contribution in [3.05, 3.63) is 23.8 Å². The zero-order valence-electron chi connectivity index (χ0n) is 10.6. The second-order valence-electron chi connectivity index (χ2n) is 3.56. The molecule has 0 aliphatic heterocycles. The molecule has 0 unspecified atom stereocenters. The molecule has 0 aromatic heterocycles. The summed E-state index contributed by atoms with van der Waals surface area (Å²) < 4.78 is 33.5. The Morgan fingerprint density at radius 1 is 1.22 bits per heavy atom. The van der Waals surface area contributed by atoms with Gasteiger partial charge in [-0.25, -0.2) is 8.42 Å². The van der Waals surface area contributed by atoms with Gasteiger partial charge in [0.2, 0.25) is 0 Å². The fourth-order valence-electron chi connectivity index (χ4n) is 1.34. The van der Waals surface area contributed by atoms with Gasteiger partial charge in [0.1, 0.15) is 5.75 Å². The number of aryl methyl sites for hydroxylation is 1. The van der Waals surface area contributed by atoms with Gasteiger partial charge in [0.05, 0.1) is 25.2 Å². The molecule has 0 heterocycles. The van der Waals surface area contributed by atoms with E-state index in [1.54, 1.807) is 19.1 Å². The van der Waals surface area contributed by atoms with E-state index in [-0.39, 0.29) is 11.5 Å². The van der Waals surface area contributed by atoms with Gasteiger partial charge < -0.3 is 9.47 Å². The lowest BCUT2D eigenvalue weighted by Crippen LogP contribution is -2.26. The molecule has 0 radical (unpaired) electrons. The van der Waals surface area contributed by atoms with Crippen LogP contribution in [0.4, 0.5) is 0 Å². The molecule has 0 spiro atoms. The van der Waals surface area contributed by atoms with Gasteiger partial charge >= 0.3 is 0 Å². The van der Waals surface area contributed by atoms with E-state index >= 15 is 0 Å². The topological polar surface area (TPSA) is 73.9 Å². The standard InChI is InChI=1S/C11H17NO5S/c1-9-8-10(16-3)4-5-11(9)18(13,14)12-17-7-6-15-2/h4-5,8,12H,6-7H2,1-3H3. The van der Waals surface area contributed by atoms with E-state index < -0.39 is 10.0 Å². The lowest BCUT2D eigenvalue weighted by atomic mass is 10.2. The largest absolute Gasteiger partial charge is 0.497 e. The molecule has 0 atom stereocenters. The Bertz CT molecular complexity index is 486. The first-order valence-electron chi connectivity index (χ1n) is 5.28. The number of hydrogen-bond donors (Lipinski definition) is 1. The van der Waals surface area contributed by atoms with Gasteiger partial charge in [0.15, 0.2) is 0 Å². The van der Waals surface area contributed by atoms with Gasteiger partial charge in [-0.1, -0.05) is 4.89 Å². The number of hydrogen-bond acceptors (Lipinski definition) is 5. The summed E-state index contributed by atoms with van der Waals surface area (Å²) in [6.45, 7) is 2.14. The molecule has 1 aromatic carbocycles. The minimum atomic E-state index is -3.68. The quantitative estimate of drug-likeness (QED) is 0.590. The Morgan fingerprint density at radius 3 is 2.50 bits per heavy atom. The van der Waals surface area contributed by atoms with Crippen LogP contribution in [-0.2, 0) is 19.6 Å². The van der Waals surface area contributed by atoms with Gasteiger partial charge in [0.25, 0.3) is 10.0 Å². The molecule has 1 N–H and O–H groups in total. The maximum atomic E-state index is 11.9. The molecule has 0 bridgehead atoms. The first kappa shape index (κ1) is 14.9. The predicted octanol–water partition coefficient (Wildman–Crippen LogP) is 0.860. The Morgan fingerprint density at radius 2 is 1.94 bits per heavy atom. The molecule has 102 valence electrons. The van der Waals surface area contributed by atoms with Crippen LogP contribution in [0.3, 0.4) is 0 Å². The Hall–Kier alpha value is -1.15. The summed E-state index contributed by atoms with van der Waals surface area (Å²) in [7, 11) is -0.651. The molecule has 0 aliphatic rings. The summed E-state index contributed by atoms with van der Waals surface area (Å²) in [5.74, 6) is 0.603. The molecule has 0 aliphatic carbocycles. The maximum Gasteiger partial charge on any atom is 0.262 e. The fourth-order valence-corrected chi connectivity index (χ4v) is 2.40. The smallest absolute Gasteiger partial charge is 0.262 e. The Kier molecular flexibility index (Phi) is 5.54. The van der Waals surface area contributed by atoms with Gasteiger partial charge in [-0.2, -0.15) is 0 Å². The van der Waals surface area contributed by atoms with E-state index in [0.29, 0.717) is 17.9 Å². The molecule has 0 amide bonds. The second-order valence-corrected chi connectivity index (χ2v) is 5.17. The van der Waals surface area contributed by atoms with Crippen molar-refractivity contribution in [3.8, 4) is 5.75 Å². The lowest BCUT2D eigenvalue weighted by molar-refractivity contribution is 0.0438. The van der Waals surface area contributed by atoms with Crippen LogP contribution in [0.5, 0.6) is 5.75 Å². The number of sulfonamides is 1. The van der Waals surface area contributed by atoms with Crippen molar-refractivity contribution in [2.24, 2.45) is 0 Å². The zero-order valence-corrected chi connectivity index (χ0v) is 11.4. The van der Waals surface area contributed by atoms with Crippen LogP contribution >= 0.6 is 0 Å². The molecule has 18 heavy (non-hydrogen) atoms. The van der Waals surface area contributed by atoms with Crippen LogP contribution in [0.25, 0.3) is 0 Å². The molecule has 1 aromatic rings. The predicted molar refractivity (Wildman–Crippen MR) is 65.9 cm³/mol. The van der Waals surface area contributed by atoms with Crippen molar-refractivity contribution in [1.29, 1.82) is 0 Å². The van der Waals surface area contributed by atoms with E-state index in [4.69, 9.17) is 14.3 Å². The number of ether oxygens (including phenoxy) is 2. The van der Waals surface area contributed by atoms with Crippen molar-refractivity contribution in [2.45, 2.75) is 11.8 Å². The number of nitrogens with one attached hydrogen (secondary N) is 1. The van der Waals surface area contributed by atoms with Crippen LogP contribution in [0.2, 0.25) is 0 Å².